The molecule has 2 heterocycles. The number of nitro groups is 1. The minimum atomic E-state index is -0.468. The standard InChI is InChI=1S/C13H17N5O4/c1-9-6-10(18(19)20)7-14-13(9)17(2)8-12-15-11(16-22-12)4-5-21-3/h6-7H,4-5,8H2,1-3H3. The SMILES string of the molecule is COCCc1noc(CN(C)c2ncc([N+](=O)[O-])cc2C)n1. The van der Waals surface area contributed by atoms with Gasteiger partial charge in [0.25, 0.3) is 5.69 Å². The smallest absolute Gasteiger partial charge is 0.287 e. The van der Waals surface area contributed by atoms with E-state index < -0.39 is 4.92 Å². The summed E-state index contributed by atoms with van der Waals surface area (Å²) < 4.78 is 10.1. The van der Waals surface area contributed by atoms with Gasteiger partial charge in [0.1, 0.15) is 12.0 Å². The van der Waals surface area contributed by atoms with Crippen molar-refractivity contribution in [1.29, 1.82) is 0 Å². The summed E-state index contributed by atoms with van der Waals surface area (Å²) in [5.74, 6) is 1.66. The average molecular weight is 307 g/mol. The fourth-order valence-electron chi connectivity index (χ4n) is 1.98. The van der Waals surface area contributed by atoms with Crippen molar-refractivity contribution in [3.63, 3.8) is 0 Å². The van der Waals surface area contributed by atoms with E-state index in [0.29, 0.717) is 42.7 Å². The highest BCUT2D eigenvalue weighted by molar-refractivity contribution is 5.49. The molecule has 0 bridgehead atoms. The maximum Gasteiger partial charge on any atom is 0.287 e. The van der Waals surface area contributed by atoms with Gasteiger partial charge in [-0.1, -0.05) is 5.16 Å². The topological polar surface area (TPSA) is 107 Å². The summed E-state index contributed by atoms with van der Waals surface area (Å²) in [5, 5.41) is 14.6. The van der Waals surface area contributed by atoms with E-state index in [4.69, 9.17) is 9.26 Å². The largest absolute Gasteiger partial charge is 0.384 e. The van der Waals surface area contributed by atoms with Gasteiger partial charge in [0.15, 0.2) is 5.82 Å². The van der Waals surface area contributed by atoms with Gasteiger partial charge < -0.3 is 14.2 Å². The zero-order chi connectivity index (χ0) is 16.1. The van der Waals surface area contributed by atoms with Crippen LogP contribution in [0.1, 0.15) is 17.3 Å². The molecule has 0 saturated heterocycles. The Hall–Kier alpha value is -2.55. The van der Waals surface area contributed by atoms with Gasteiger partial charge in [-0.05, 0) is 12.5 Å². The van der Waals surface area contributed by atoms with E-state index in [1.54, 1.807) is 26.0 Å². The number of ether oxygens (including phenoxy) is 1. The number of nitrogens with zero attached hydrogens (tertiary/aromatic N) is 5. The summed E-state index contributed by atoms with van der Waals surface area (Å²) in [6, 6.07) is 1.48. The minimum absolute atomic E-state index is 0.0331. The van der Waals surface area contributed by atoms with Crippen molar-refractivity contribution < 1.29 is 14.2 Å². The number of rotatable bonds is 7. The van der Waals surface area contributed by atoms with E-state index in [2.05, 4.69) is 15.1 Å². The van der Waals surface area contributed by atoms with E-state index in [9.17, 15) is 10.1 Å². The van der Waals surface area contributed by atoms with Crippen molar-refractivity contribution in [3.8, 4) is 0 Å². The molecule has 0 saturated carbocycles. The normalized spacial score (nSPS) is 10.7. The number of pyridine rings is 1. The molecular formula is C13H17N5O4. The molecule has 0 N–H and O–H groups in total. The lowest BCUT2D eigenvalue weighted by Crippen LogP contribution is -2.19. The van der Waals surface area contributed by atoms with E-state index in [0.717, 1.165) is 0 Å². The van der Waals surface area contributed by atoms with Gasteiger partial charge in [-0.3, -0.25) is 10.1 Å². The van der Waals surface area contributed by atoms with Crippen LogP contribution in [-0.2, 0) is 17.7 Å². The average Bonchev–Trinajstić information content (AvgIpc) is 2.92. The monoisotopic (exact) mass is 307 g/mol. The van der Waals surface area contributed by atoms with Crippen LogP contribution < -0.4 is 4.90 Å². The quantitative estimate of drug-likeness (QED) is 0.559. The number of hydrogen-bond donors (Lipinski definition) is 0. The zero-order valence-corrected chi connectivity index (χ0v) is 12.6. The molecule has 0 aromatic carbocycles. The van der Waals surface area contributed by atoms with E-state index in [1.807, 2.05) is 0 Å². The molecule has 0 radical (unpaired) electrons. The minimum Gasteiger partial charge on any atom is -0.384 e. The van der Waals surface area contributed by atoms with Gasteiger partial charge in [0, 0.05) is 26.6 Å². The molecule has 2 rings (SSSR count). The lowest BCUT2D eigenvalue weighted by Gasteiger charge is -2.17. The first-order chi connectivity index (χ1) is 10.5. The molecule has 22 heavy (non-hydrogen) atoms. The lowest BCUT2D eigenvalue weighted by molar-refractivity contribution is -0.385. The predicted octanol–water partition coefficient (Wildman–Crippen LogP) is 1.51. The Morgan fingerprint density at radius 1 is 1.50 bits per heavy atom. The van der Waals surface area contributed by atoms with Crippen LogP contribution in [0.25, 0.3) is 0 Å². The highest BCUT2D eigenvalue weighted by atomic mass is 16.6. The highest BCUT2D eigenvalue weighted by Gasteiger charge is 2.15. The van der Waals surface area contributed by atoms with Crippen molar-refractivity contribution >= 4 is 11.5 Å². The molecule has 2 aromatic rings. The fourth-order valence-corrected chi connectivity index (χ4v) is 1.98. The predicted molar refractivity (Wildman–Crippen MR) is 77.6 cm³/mol. The molecule has 0 aliphatic carbocycles. The molecule has 2 aromatic heterocycles. The summed E-state index contributed by atoms with van der Waals surface area (Å²) in [6.45, 7) is 2.66. The van der Waals surface area contributed by atoms with Crippen LogP contribution in [0.3, 0.4) is 0 Å². The maximum absolute atomic E-state index is 10.7. The molecule has 9 heteroatoms. The van der Waals surface area contributed by atoms with Crippen LogP contribution in [-0.4, -0.2) is 40.8 Å². The van der Waals surface area contributed by atoms with Crippen LogP contribution >= 0.6 is 0 Å². The zero-order valence-electron chi connectivity index (χ0n) is 12.6. The number of hydrogen-bond acceptors (Lipinski definition) is 8. The number of aromatic nitrogens is 3. The van der Waals surface area contributed by atoms with Crippen molar-refractivity contribution in [2.24, 2.45) is 0 Å². The summed E-state index contributed by atoms with van der Waals surface area (Å²) in [5.41, 5.74) is 0.671. The van der Waals surface area contributed by atoms with Crippen LogP contribution in [0.15, 0.2) is 16.8 Å². The molecular weight excluding hydrogens is 290 g/mol. The van der Waals surface area contributed by atoms with Crippen molar-refractivity contribution in [3.05, 3.63) is 39.7 Å². The molecule has 0 aliphatic rings. The second kappa shape index (κ2) is 6.94. The second-order valence-electron chi connectivity index (χ2n) is 4.79. The Morgan fingerprint density at radius 2 is 2.27 bits per heavy atom. The fraction of sp³-hybridized carbons (Fsp3) is 0.462. The summed E-state index contributed by atoms with van der Waals surface area (Å²) in [4.78, 5) is 20.4. The van der Waals surface area contributed by atoms with Crippen LogP contribution in [0.2, 0.25) is 0 Å². The second-order valence-corrected chi connectivity index (χ2v) is 4.79. The van der Waals surface area contributed by atoms with Crippen molar-refractivity contribution in [2.75, 3.05) is 25.7 Å². The Kier molecular flexibility index (Phi) is 4.99. The summed E-state index contributed by atoms with van der Waals surface area (Å²) in [6.07, 6.45) is 1.81. The first kappa shape index (κ1) is 15.8. The molecule has 0 aliphatic heterocycles. The van der Waals surface area contributed by atoms with Crippen LogP contribution in [0.5, 0.6) is 0 Å². The highest BCUT2D eigenvalue weighted by Crippen LogP contribution is 2.21. The molecule has 0 amide bonds. The van der Waals surface area contributed by atoms with Gasteiger partial charge in [-0.2, -0.15) is 4.98 Å². The van der Waals surface area contributed by atoms with Crippen molar-refractivity contribution in [2.45, 2.75) is 19.9 Å². The Labute approximate surface area is 127 Å². The molecule has 0 atom stereocenters. The number of methoxy groups -OCH3 is 1. The van der Waals surface area contributed by atoms with Crippen LogP contribution in [0, 0.1) is 17.0 Å². The van der Waals surface area contributed by atoms with Crippen molar-refractivity contribution in [1.82, 2.24) is 15.1 Å². The summed E-state index contributed by atoms with van der Waals surface area (Å²) in [7, 11) is 3.41. The third-order valence-corrected chi connectivity index (χ3v) is 3.02. The Balaban J connectivity index is 2.07. The first-order valence-electron chi connectivity index (χ1n) is 6.64. The van der Waals surface area contributed by atoms with E-state index in [-0.39, 0.29) is 5.69 Å². The van der Waals surface area contributed by atoms with Gasteiger partial charge in [-0.15, -0.1) is 0 Å². The van der Waals surface area contributed by atoms with Crippen LogP contribution in [0.4, 0.5) is 11.5 Å². The van der Waals surface area contributed by atoms with E-state index >= 15 is 0 Å². The van der Waals surface area contributed by atoms with Gasteiger partial charge >= 0.3 is 0 Å². The molecule has 9 nitrogen and oxygen atoms in total. The van der Waals surface area contributed by atoms with E-state index in [1.165, 1.54) is 12.3 Å². The first-order valence-corrected chi connectivity index (χ1v) is 6.64. The Morgan fingerprint density at radius 3 is 2.91 bits per heavy atom. The summed E-state index contributed by atoms with van der Waals surface area (Å²) >= 11 is 0. The van der Waals surface area contributed by atoms with Gasteiger partial charge in [0.05, 0.1) is 18.1 Å². The third kappa shape index (κ3) is 3.76. The van der Waals surface area contributed by atoms with Gasteiger partial charge in [-0.25, -0.2) is 4.98 Å². The molecule has 0 fully saturated rings. The molecule has 0 spiro atoms. The Bertz CT molecular complexity index is 658. The molecule has 118 valence electrons. The lowest BCUT2D eigenvalue weighted by atomic mass is 10.2. The van der Waals surface area contributed by atoms with Gasteiger partial charge in [0.2, 0.25) is 5.89 Å². The number of anilines is 1. The molecule has 0 unspecified atom stereocenters. The maximum atomic E-state index is 10.7. The number of aryl methyl sites for hydroxylation is 1. The third-order valence-electron chi connectivity index (χ3n) is 3.02.